The van der Waals surface area contributed by atoms with Crippen molar-refractivity contribution in [2.45, 2.75) is 19.3 Å². The van der Waals surface area contributed by atoms with Crippen molar-refractivity contribution in [3.05, 3.63) is 42.1 Å². The van der Waals surface area contributed by atoms with Crippen molar-refractivity contribution in [1.29, 1.82) is 0 Å². The molecule has 0 saturated carbocycles. The van der Waals surface area contributed by atoms with Gasteiger partial charge in [0.2, 0.25) is 0 Å². The summed E-state index contributed by atoms with van der Waals surface area (Å²) in [5.74, 6) is 0. The molecule has 0 spiro atoms. The summed E-state index contributed by atoms with van der Waals surface area (Å²) in [7, 11) is 0. The number of urea groups is 1. The van der Waals surface area contributed by atoms with Crippen LogP contribution in [-0.2, 0) is 0 Å². The van der Waals surface area contributed by atoms with Crippen molar-refractivity contribution in [2.75, 3.05) is 37.6 Å². The lowest BCUT2D eigenvalue weighted by molar-refractivity contribution is 0.195. The summed E-state index contributed by atoms with van der Waals surface area (Å²) >= 11 is 0. The first-order valence-corrected chi connectivity index (χ1v) is 8.83. The van der Waals surface area contributed by atoms with E-state index in [2.05, 4.69) is 45.5 Å². The van der Waals surface area contributed by atoms with E-state index in [1.165, 1.54) is 23.1 Å². The minimum absolute atomic E-state index is 0.0716. The molecule has 2 N–H and O–H groups in total. The van der Waals surface area contributed by atoms with E-state index >= 15 is 0 Å². The van der Waals surface area contributed by atoms with Gasteiger partial charge in [0.15, 0.2) is 0 Å². The number of amides is 2. The molecule has 4 rings (SSSR count). The Morgan fingerprint density at radius 1 is 1.17 bits per heavy atom. The van der Waals surface area contributed by atoms with Gasteiger partial charge in [-0.25, -0.2) is 4.79 Å². The zero-order valence-electron chi connectivity index (χ0n) is 13.9. The van der Waals surface area contributed by atoms with E-state index in [1.54, 1.807) is 0 Å². The van der Waals surface area contributed by atoms with Gasteiger partial charge in [-0.05, 0) is 37.5 Å². The van der Waals surface area contributed by atoms with E-state index in [0.717, 1.165) is 44.5 Å². The van der Waals surface area contributed by atoms with Crippen LogP contribution in [-0.4, -0.2) is 48.6 Å². The minimum atomic E-state index is 0.0716. The fraction of sp³-hybridized carbons (Fsp3) is 0.421. The Morgan fingerprint density at radius 2 is 2.04 bits per heavy atom. The molecule has 24 heavy (non-hydrogen) atoms. The zero-order valence-corrected chi connectivity index (χ0v) is 13.9. The number of benzene rings is 1. The number of H-pyrrole nitrogens is 1. The number of carbonyl (C=O) groups is 1. The predicted octanol–water partition coefficient (Wildman–Crippen LogP) is 3.11. The van der Waals surface area contributed by atoms with Gasteiger partial charge in [-0.1, -0.05) is 17.7 Å². The Balaban J connectivity index is 1.34. The standard InChI is InChI=1S/C19H24N4O/c24-19(21-14-15-4-1-2-5-15)23-12-10-22(11-13-23)18-7-3-6-17-16(18)8-9-20-17/h3-4,6-9,20H,1-2,5,10-14H2,(H,21,24). The molecule has 1 aliphatic heterocycles. The maximum absolute atomic E-state index is 12.3. The van der Waals surface area contributed by atoms with Crippen molar-refractivity contribution < 1.29 is 4.79 Å². The van der Waals surface area contributed by atoms with Gasteiger partial charge in [0, 0.05) is 55.5 Å². The smallest absolute Gasteiger partial charge is 0.317 e. The molecule has 0 atom stereocenters. The third-order valence-corrected chi connectivity index (χ3v) is 5.08. The fourth-order valence-corrected chi connectivity index (χ4v) is 3.69. The molecule has 126 valence electrons. The lowest BCUT2D eigenvalue weighted by Gasteiger charge is -2.36. The van der Waals surface area contributed by atoms with Gasteiger partial charge in [0.25, 0.3) is 0 Å². The molecule has 5 nitrogen and oxygen atoms in total. The average molecular weight is 324 g/mol. The zero-order chi connectivity index (χ0) is 16.4. The van der Waals surface area contributed by atoms with Crippen LogP contribution in [0.2, 0.25) is 0 Å². The maximum atomic E-state index is 12.3. The molecule has 2 aromatic rings. The van der Waals surface area contributed by atoms with E-state index < -0.39 is 0 Å². The Hall–Kier alpha value is -2.43. The second-order valence-electron chi connectivity index (χ2n) is 6.60. The quantitative estimate of drug-likeness (QED) is 0.852. The van der Waals surface area contributed by atoms with Crippen LogP contribution < -0.4 is 10.2 Å². The predicted molar refractivity (Wildman–Crippen MR) is 97.4 cm³/mol. The topological polar surface area (TPSA) is 51.4 Å². The van der Waals surface area contributed by atoms with Crippen LogP contribution in [0.25, 0.3) is 10.9 Å². The largest absolute Gasteiger partial charge is 0.367 e. The van der Waals surface area contributed by atoms with Crippen molar-refractivity contribution in [3.8, 4) is 0 Å². The number of rotatable bonds is 3. The first-order valence-electron chi connectivity index (χ1n) is 8.83. The van der Waals surface area contributed by atoms with Crippen LogP contribution in [0.5, 0.6) is 0 Å². The first-order chi connectivity index (χ1) is 11.8. The molecule has 2 aliphatic rings. The molecule has 2 amide bonds. The monoisotopic (exact) mass is 324 g/mol. The Kier molecular flexibility index (Phi) is 4.15. The second-order valence-corrected chi connectivity index (χ2v) is 6.60. The van der Waals surface area contributed by atoms with Gasteiger partial charge >= 0.3 is 6.03 Å². The van der Waals surface area contributed by atoms with E-state index in [-0.39, 0.29) is 6.03 Å². The summed E-state index contributed by atoms with van der Waals surface area (Å²) in [6, 6.07) is 8.54. The highest BCUT2D eigenvalue weighted by Crippen LogP contribution is 2.27. The third kappa shape index (κ3) is 2.98. The van der Waals surface area contributed by atoms with Gasteiger partial charge in [-0.15, -0.1) is 0 Å². The molecule has 0 unspecified atom stereocenters. The number of aromatic nitrogens is 1. The van der Waals surface area contributed by atoms with E-state index in [9.17, 15) is 4.79 Å². The fourth-order valence-electron chi connectivity index (χ4n) is 3.69. The normalized spacial score (nSPS) is 18.1. The molecular weight excluding hydrogens is 300 g/mol. The molecule has 1 saturated heterocycles. The molecule has 1 aromatic carbocycles. The molecule has 1 aromatic heterocycles. The van der Waals surface area contributed by atoms with Crippen LogP contribution >= 0.6 is 0 Å². The molecule has 0 bridgehead atoms. The number of nitrogens with one attached hydrogen (secondary N) is 2. The lowest BCUT2D eigenvalue weighted by atomic mass is 10.2. The van der Waals surface area contributed by atoms with Crippen LogP contribution in [0.15, 0.2) is 42.1 Å². The van der Waals surface area contributed by atoms with Crippen molar-refractivity contribution >= 4 is 22.6 Å². The van der Waals surface area contributed by atoms with Crippen LogP contribution in [0, 0.1) is 0 Å². The SMILES string of the molecule is O=C(NCC1=CCCC1)N1CCN(c2cccc3[nH]ccc23)CC1. The minimum Gasteiger partial charge on any atom is -0.367 e. The first kappa shape index (κ1) is 15.1. The van der Waals surface area contributed by atoms with Crippen LogP contribution in [0.1, 0.15) is 19.3 Å². The molecular formula is C19H24N4O. The maximum Gasteiger partial charge on any atom is 0.317 e. The summed E-state index contributed by atoms with van der Waals surface area (Å²) in [5.41, 5.74) is 3.79. The van der Waals surface area contributed by atoms with Gasteiger partial charge in [-0.2, -0.15) is 0 Å². The number of aromatic amines is 1. The third-order valence-electron chi connectivity index (χ3n) is 5.08. The summed E-state index contributed by atoms with van der Waals surface area (Å²) in [5, 5.41) is 4.32. The average Bonchev–Trinajstić information content (AvgIpc) is 3.31. The Labute approximate surface area is 142 Å². The molecule has 5 heteroatoms. The van der Waals surface area contributed by atoms with E-state index in [1.807, 2.05) is 11.1 Å². The van der Waals surface area contributed by atoms with E-state index in [4.69, 9.17) is 0 Å². The number of hydrogen-bond acceptors (Lipinski definition) is 2. The number of piperazine rings is 1. The summed E-state index contributed by atoms with van der Waals surface area (Å²) < 4.78 is 0. The van der Waals surface area contributed by atoms with Gasteiger partial charge in [-0.3, -0.25) is 0 Å². The number of nitrogens with zero attached hydrogens (tertiary/aromatic N) is 2. The van der Waals surface area contributed by atoms with Gasteiger partial charge < -0.3 is 20.1 Å². The number of carbonyl (C=O) groups excluding carboxylic acids is 1. The summed E-state index contributed by atoms with van der Waals surface area (Å²) in [6.07, 6.45) is 7.77. The van der Waals surface area contributed by atoms with Crippen molar-refractivity contribution in [1.82, 2.24) is 15.2 Å². The van der Waals surface area contributed by atoms with Gasteiger partial charge in [0.05, 0.1) is 0 Å². The number of hydrogen-bond donors (Lipinski definition) is 2. The highest BCUT2D eigenvalue weighted by atomic mass is 16.2. The van der Waals surface area contributed by atoms with Crippen LogP contribution in [0.4, 0.5) is 10.5 Å². The number of anilines is 1. The summed E-state index contributed by atoms with van der Waals surface area (Å²) in [4.78, 5) is 19.9. The van der Waals surface area contributed by atoms with Crippen molar-refractivity contribution in [3.63, 3.8) is 0 Å². The molecule has 0 radical (unpaired) electrons. The summed E-state index contributed by atoms with van der Waals surface area (Å²) in [6.45, 7) is 4.00. The number of allylic oxidation sites excluding steroid dienone is 1. The van der Waals surface area contributed by atoms with Crippen molar-refractivity contribution in [2.24, 2.45) is 0 Å². The van der Waals surface area contributed by atoms with E-state index in [0.29, 0.717) is 6.54 Å². The molecule has 1 fully saturated rings. The number of fused-ring (bicyclic) bond motifs is 1. The second kappa shape index (κ2) is 6.59. The van der Waals surface area contributed by atoms with Crippen LogP contribution in [0.3, 0.4) is 0 Å². The van der Waals surface area contributed by atoms with Gasteiger partial charge in [0.1, 0.15) is 0 Å². The molecule has 2 heterocycles. The molecule has 1 aliphatic carbocycles. The Bertz CT molecular complexity index is 756. The lowest BCUT2D eigenvalue weighted by Crippen LogP contribution is -2.52. The Morgan fingerprint density at radius 3 is 2.83 bits per heavy atom. The highest BCUT2D eigenvalue weighted by molar-refractivity contribution is 5.92. The highest BCUT2D eigenvalue weighted by Gasteiger charge is 2.22.